The van der Waals surface area contributed by atoms with Crippen LogP contribution in [0.25, 0.3) is 11.4 Å². The first-order chi connectivity index (χ1) is 12.8. The molecule has 5 nitrogen and oxygen atoms in total. The van der Waals surface area contributed by atoms with E-state index in [0.29, 0.717) is 5.56 Å². The quantitative estimate of drug-likeness (QED) is 0.868. The predicted octanol–water partition coefficient (Wildman–Crippen LogP) is 3.17. The number of nitrogens with one attached hydrogen (secondary N) is 2. The number of piperidine rings is 1. The number of carbonyl (C=O) groups excluding carboxylic acids is 1. The number of carbonyl (C=O) groups is 1. The fourth-order valence-corrected chi connectivity index (χ4v) is 5.10. The van der Waals surface area contributed by atoms with E-state index in [-0.39, 0.29) is 11.9 Å². The SMILES string of the molecule is O=C(NC1CCN(C2CCSCC2)CC1)c1ccccc1-c1ncc[nH]1. The van der Waals surface area contributed by atoms with Gasteiger partial charge in [0.25, 0.3) is 5.91 Å². The number of aromatic amines is 1. The summed E-state index contributed by atoms with van der Waals surface area (Å²) in [6.45, 7) is 2.19. The topological polar surface area (TPSA) is 61.0 Å². The van der Waals surface area contributed by atoms with Gasteiger partial charge in [-0.2, -0.15) is 11.8 Å². The summed E-state index contributed by atoms with van der Waals surface area (Å²) in [5.74, 6) is 3.33. The van der Waals surface area contributed by atoms with E-state index in [1.807, 2.05) is 24.3 Å². The molecule has 3 heterocycles. The molecule has 2 aliphatic heterocycles. The molecule has 2 fully saturated rings. The summed E-state index contributed by atoms with van der Waals surface area (Å²) in [7, 11) is 0. The van der Waals surface area contributed by atoms with Gasteiger partial charge in [0.05, 0.1) is 5.56 Å². The van der Waals surface area contributed by atoms with Crippen LogP contribution >= 0.6 is 11.8 Å². The predicted molar refractivity (Wildman–Crippen MR) is 106 cm³/mol. The van der Waals surface area contributed by atoms with Crippen molar-refractivity contribution in [2.24, 2.45) is 0 Å². The van der Waals surface area contributed by atoms with Gasteiger partial charge in [-0.3, -0.25) is 4.79 Å². The largest absolute Gasteiger partial charge is 0.349 e. The molecule has 2 saturated heterocycles. The number of thioether (sulfide) groups is 1. The first-order valence-electron chi connectivity index (χ1n) is 9.52. The lowest BCUT2D eigenvalue weighted by molar-refractivity contribution is 0.0887. The lowest BCUT2D eigenvalue weighted by Crippen LogP contribution is -2.48. The van der Waals surface area contributed by atoms with Crippen LogP contribution in [-0.4, -0.2) is 57.5 Å². The fourth-order valence-electron chi connectivity index (χ4n) is 4.02. The molecule has 4 rings (SSSR count). The van der Waals surface area contributed by atoms with E-state index in [9.17, 15) is 4.79 Å². The van der Waals surface area contributed by atoms with E-state index >= 15 is 0 Å². The number of amides is 1. The first-order valence-corrected chi connectivity index (χ1v) is 10.7. The summed E-state index contributed by atoms with van der Waals surface area (Å²) < 4.78 is 0. The van der Waals surface area contributed by atoms with Gasteiger partial charge in [-0.05, 0) is 43.3 Å². The molecule has 0 unspecified atom stereocenters. The fraction of sp³-hybridized carbons (Fsp3) is 0.500. The van der Waals surface area contributed by atoms with E-state index in [4.69, 9.17) is 0 Å². The summed E-state index contributed by atoms with van der Waals surface area (Å²) in [5.41, 5.74) is 1.54. The molecule has 0 saturated carbocycles. The van der Waals surface area contributed by atoms with Crippen LogP contribution in [0.3, 0.4) is 0 Å². The van der Waals surface area contributed by atoms with Crippen molar-refractivity contribution in [2.75, 3.05) is 24.6 Å². The third kappa shape index (κ3) is 3.96. The second kappa shape index (κ2) is 8.27. The molecule has 2 aromatic rings. The zero-order valence-electron chi connectivity index (χ0n) is 15.0. The van der Waals surface area contributed by atoms with Crippen molar-refractivity contribution in [2.45, 2.75) is 37.8 Å². The van der Waals surface area contributed by atoms with Crippen molar-refractivity contribution in [1.82, 2.24) is 20.2 Å². The van der Waals surface area contributed by atoms with Gasteiger partial charge in [0, 0.05) is 43.1 Å². The van der Waals surface area contributed by atoms with E-state index < -0.39 is 0 Å². The Morgan fingerprint density at radius 3 is 2.65 bits per heavy atom. The minimum absolute atomic E-state index is 0.00418. The molecule has 0 aliphatic carbocycles. The molecule has 0 atom stereocenters. The summed E-state index contributed by atoms with van der Waals surface area (Å²) in [6, 6.07) is 8.69. The van der Waals surface area contributed by atoms with Gasteiger partial charge < -0.3 is 15.2 Å². The van der Waals surface area contributed by atoms with Gasteiger partial charge in [-0.15, -0.1) is 0 Å². The van der Waals surface area contributed by atoms with Gasteiger partial charge >= 0.3 is 0 Å². The van der Waals surface area contributed by atoms with Crippen LogP contribution in [-0.2, 0) is 0 Å². The number of benzene rings is 1. The summed E-state index contributed by atoms with van der Waals surface area (Å²) in [4.78, 5) is 22.9. The average molecular weight is 371 g/mol. The van der Waals surface area contributed by atoms with Crippen LogP contribution in [0.2, 0.25) is 0 Å². The third-order valence-corrected chi connectivity index (χ3v) is 6.55. The minimum atomic E-state index is 0.00418. The number of imidazole rings is 1. The van der Waals surface area contributed by atoms with Crippen LogP contribution in [0.5, 0.6) is 0 Å². The van der Waals surface area contributed by atoms with Crippen molar-refractivity contribution in [1.29, 1.82) is 0 Å². The highest BCUT2D eigenvalue weighted by molar-refractivity contribution is 7.99. The summed E-state index contributed by atoms with van der Waals surface area (Å²) in [5, 5.41) is 3.25. The molecule has 6 heteroatoms. The smallest absolute Gasteiger partial charge is 0.252 e. The zero-order chi connectivity index (χ0) is 17.8. The van der Waals surface area contributed by atoms with Crippen molar-refractivity contribution in [3.05, 3.63) is 42.2 Å². The Morgan fingerprint density at radius 2 is 1.92 bits per heavy atom. The number of likely N-dealkylation sites (tertiary alicyclic amines) is 1. The van der Waals surface area contributed by atoms with Gasteiger partial charge in [0.1, 0.15) is 5.82 Å². The monoisotopic (exact) mass is 370 g/mol. The van der Waals surface area contributed by atoms with Crippen molar-refractivity contribution >= 4 is 17.7 Å². The maximum atomic E-state index is 12.8. The Bertz CT molecular complexity index is 719. The molecule has 1 aromatic carbocycles. The number of hydrogen-bond donors (Lipinski definition) is 2. The van der Waals surface area contributed by atoms with Gasteiger partial charge in [0.2, 0.25) is 0 Å². The van der Waals surface area contributed by atoms with Gasteiger partial charge in [-0.1, -0.05) is 18.2 Å². The molecule has 2 N–H and O–H groups in total. The number of nitrogens with zero attached hydrogens (tertiary/aromatic N) is 2. The average Bonchev–Trinajstić information content (AvgIpc) is 3.24. The first kappa shape index (κ1) is 17.6. The van der Waals surface area contributed by atoms with E-state index in [2.05, 4.69) is 31.9 Å². The number of aromatic nitrogens is 2. The minimum Gasteiger partial charge on any atom is -0.349 e. The van der Waals surface area contributed by atoms with Gasteiger partial charge in [0.15, 0.2) is 0 Å². The molecule has 1 aromatic heterocycles. The highest BCUT2D eigenvalue weighted by Gasteiger charge is 2.27. The Hall–Kier alpha value is -1.79. The second-order valence-corrected chi connectivity index (χ2v) is 8.34. The van der Waals surface area contributed by atoms with Gasteiger partial charge in [-0.25, -0.2) is 4.98 Å². The molecule has 138 valence electrons. The molecule has 26 heavy (non-hydrogen) atoms. The lowest BCUT2D eigenvalue weighted by Gasteiger charge is -2.39. The highest BCUT2D eigenvalue weighted by atomic mass is 32.2. The standard InChI is InChI=1S/C20H26N4OS/c25-20(18-4-2-1-3-17(18)19-21-9-10-22-19)23-15-5-11-24(12-6-15)16-7-13-26-14-8-16/h1-4,9-10,15-16H,5-8,11-14H2,(H,21,22)(H,23,25). The molecular formula is C20H26N4OS. The highest BCUT2D eigenvalue weighted by Crippen LogP contribution is 2.25. The molecule has 2 aliphatic rings. The molecule has 0 spiro atoms. The Balaban J connectivity index is 1.36. The maximum absolute atomic E-state index is 12.8. The zero-order valence-corrected chi connectivity index (χ0v) is 15.8. The molecule has 0 bridgehead atoms. The van der Waals surface area contributed by atoms with Crippen LogP contribution in [0.1, 0.15) is 36.0 Å². The van der Waals surface area contributed by atoms with Crippen LogP contribution in [0.4, 0.5) is 0 Å². The third-order valence-electron chi connectivity index (χ3n) is 5.50. The molecule has 1 amide bonds. The van der Waals surface area contributed by atoms with E-state index in [0.717, 1.165) is 43.4 Å². The van der Waals surface area contributed by atoms with Crippen LogP contribution in [0, 0.1) is 0 Å². The van der Waals surface area contributed by atoms with Crippen LogP contribution < -0.4 is 5.32 Å². The van der Waals surface area contributed by atoms with Crippen molar-refractivity contribution < 1.29 is 4.79 Å². The van der Waals surface area contributed by atoms with Crippen molar-refractivity contribution in [3.63, 3.8) is 0 Å². The Morgan fingerprint density at radius 1 is 1.15 bits per heavy atom. The molecule has 0 radical (unpaired) electrons. The lowest BCUT2D eigenvalue weighted by atomic mass is 9.99. The number of H-pyrrole nitrogens is 1. The van der Waals surface area contributed by atoms with E-state index in [1.54, 1.807) is 12.4 Å². The normalized spacial score (nSPS) is 20.2. The summed E-state index contributed by atoms with van der Waals surface area (Å²) >= 11 is 2.08. The Kier molecular flexibility index (Phi) is 5.60. The number of rotatable bonds is 4. The van der Waals surface area contributed by atoms with Crippen molar-refractivity contribution in [3.8, 4) is 11.4 Å². The maximum Gasteiger partial charge on any atom is 0.252 e. The summed E-state index contributed by atoms with van der Waals surface area (Å²) in [6.07, 6.45) is 8.21. The van der Waals surface area contributed by atoms with E-state index in [1.165, 1.54) is 24.3 Å². The second-order valence-electron chi connectivity index (χ2n) is 7.11. The molecular weight excluding hydrogens is 344 g/mol. The Labute approximate surface area is 159 Å². The number of hydrogen-bond acceptors (Lipinski definition) is 4. The van der Waals surface area contributed by atoms with Crippen LogP contribution in [0.15, 0.2) is 36.7 Å².